The van der Waals surface area contributed by atoms with Crippen molar-refractivity contribution in [2.24, 2.45) is 11.5 Å². The lowest BCUT2D eigenvalue weighted by Crippen LogP contribution is -2.22. The van der Waals surface area contributed by atoms with Gasteiger partial charge in [-0.2, -0.15) is 0 Å². The van der Waals surface area contributed by atoms with Gasteiger partial charge in [-0.1, -0.05) is 6.07 Å². The summed E-state index contributed by atoms with van der Waals surface area (Å²) >= 11 is 0. The molecule has 76 valence electrons. The van der Waals surface area contributed by atoms with Crippen LogP contribution >= 0.6 is 0 Å². The zero-order chi connectivity index (χ0) is 10.7. The number of rotatable bonds is 3. The third-order valence-electron chi connectivity index (χ3n) is 1.79. The van der Waals surface area contributed by atoms with Crippen LogP contribution in [0.25, 0.3) is 0 Å². The Labute approximate surface area is 79.7 Å². The number of hydrogen-bond acceptors (Lipinski definition) is 2. The van der Waals surface area contributed by atoms with E-state index in [1.165, 1.54) is 6.07 Å². The van der Waals surface area contributed by atoms with E-state index in [9.17, 15) is 13.6 Å². The highest BCUT2D eigenvalue weighted by Crippen LogP contribution is 2.20. The zero-order valence-corrected chi connectivity index (χ0v) is 7.34. The predicted molar refractivity (Wildman–Crippen MR) is 47.1 cm³/mol. The van der Waals surface area contributed by atoms with Crippen LogP contribution in [0.5, 0.6) is 0 Å². The van der Waals surface area contributed by atoms with Crippen molar-refractivity contribution in [3.8, 4) is 0 Å². The van der Waals surface area contributed by atoms with Gasteiger partial charge in [0.25, 0.3) is 0 Å². The second-order valence-corrected chi connectivity index (χ2v) is 2.91. The van der Waals surface area contributed by atoms with Gasteiger partial charge in [-0.05, 0) is 12.1 Å². The maximum absolute atomic E-state index is 13.1. The molecule has 1 rings (SSSR count). The van der Waals surface area contributed by atoms with E-state index in [-0.39, 0.29) is 12.0 Å². The zero-order valence-electron chi connectivity index (χ0n) is 7.34. The average molecular weight is 200 g/mol. The van der Waals surface area contributed by atoms with Crippen molar-refractivity contribution >= 4 is 5.91 Å². The van der Waals surface area contributed by atoms with Gasteiger partial charge in [0.15, 0.2) is 0 Å². The molecule has 0 aliphatic carbocycles. The molecule has 0 radical (unpaired) electrons. The van der Waals surface area contributed by atoms with Crippen LogP contribution in [0.15, 0.2) is 18.2 Å². The van der Waals surface area contributed by atoms with Crippen molar-refractivity contribution < 1.29 is 13.6 Å². The Morgan fingerprint density at radius 2 is 1.86 bits per heavy atom. The summed E-state index contributed by atoms with van der Waals surface area (Å²) in [6.07, 6.45) is -0.280. The van der Waals surface area contributed by atoms with Crippen LogP contribution in [0.2, 0.25) is 0 Å². The van der Waals surface area contributed by atoms with E-state index in [4.69, 9.17) is 11.5 Å². The minimum atomic E-state index is -1.03. The molecule has 0 unspecified atom stereocenters. The van der Waals surface area contributed by atoms with Crippen LogP contribution in [-0.4, -0.2) is 5.91 Å². The van der Waals surface area contributed by atoms with Gasteiger partial charge in [0, 0.05) is 18.0 Å². The Morgan fingerprint density at radius 1 is 1.36 bits per heavy atom. The van der Waals surface area contributed by atoms with Gasteiger partial charge in [0.2, 0.25) is 5.91 Å². The van der Waals surface area contributed by atoms with E-state index in [1.807, 2.05) is 0 Å². The number of carbonyl (C=O) groups excluding carboxylic acids is 1. The van der Waals surface area contributed by atoms with E-state index >= 15 is 0 Å². The lowest BCUT2D eigenvalue weighted by molar-refractivity contribution is -0.118. The minimum absolute atomic E-state index is 0.280. The van der Waals surface area contributed by atoms with Crippen LogP contribution in [0.4, 0.5) is 8.78 Å². The molecule has 1 aromatic carbocycles. The monoisotopic (exact) mass is 200 g/mol. The first-order valence-electron chi connectivity index (χ1n) is 4.00. The normalized spacial score (nSPS) is 12.5. The van der Waals surface area contributed by atoms with Crippen molar-refractivity contribution in [2.45, 2.75) is 12.5 Å². The van der Waals surface area contributed by atoms with Crippen LogP contribution in [0.3, 0.4) is 0 Å². The Balaban J connectivity index is 2.99. The SMILES string of the molecule is NC(=O)C[C@@H](N)c1c(F)cccc1F. The number of halogens is 2. The highest BCUT2D eigenvalue weighted by atomic mass is 19.1. The van der Waals surface area contributed by atoms with Crippen molar-refractivity contribution in [2.75, 3.05) is 0 Å². The summed E-state index contributed by atoms with van der Waals surface area (Å²) in [7, 11) is 0. The molecule has 0 fully saturated rings. The topological polar surface area (TPSA) is 69.1 Å². The Kier molecular flexibility index (Phi) is 3.14. The van der Waals surface area contributed by atoms with Crippen molar-refractivity contribution in [3.63, 3.8) is 0 Å². The fraction of sp³-hybridized carbons (Fsp3) is 0.222. The summed E-state index contributed by atoms with van der Waals surface area (Å²) < 4.78 is 26.2. The van der Waals surface area contributed by atoms with Gasteiger partial charge in [0.05, 0.1) is 0 Å². The van der Waals surface area contributed by atoms with E-state index in [0.717, 1.165) is 12.1 Å². The maximum Gasteiger partial charge on any atom is 0.219 e. The molecule has 1 amide bonds. The summed E-state index contributed by atoms with van der Waals surface area (Å²) in [5, 5.41) is 0. The molecule has 0 aliphatic heterocycles. The van der Waals surface area contributed by atoms with Crippen LogP contribution in [-0.2, 0) is 4.79 Å². The van der Waals surface area contributed by atoms with E-state index in [2.05, 4.69) is 0 Å². The summed E-state index contributed by atoms with van der Waals surface area (Å²) in [6, 6.07) is 2.36. The Morgan fingerprint density at radius 3 is 2.29 bits per heavy atom. The fourth-order valence-corrected chi connectivity index (χ4v) is 1.18. The van der Waals surface area contributed by atoms with E-state index < -0.39 is 23.6 Å². The number of nitrogens with two attached hydrogens (primary N) is 2. The molecule has 0 saturated carbocycles. The molecule has 1 atom stereocenters. The average Bonchev–Trinajstić information content (AvgIpc) is 2.01. The lowest BCUT2D eigenvalue weighted by Gasteiger charge is -2.11. The molecule has 14 heavy (non-hydrogen) atoms. The number of primary amides is 1. The summed E-state index contributed by atoms with van der Waals surface area (Å²) in [6.45, 7) is 0. The second kappa shape index (κ2) is 4.15. The summed E-state index contributed by atoms with van der Waals surface area (Å²) in [4.78, 5) is 10.5. The predicted octanol–water partition coefficient (Wildman–Crippen LogP) is 0.840. The Hall–Kier alpha value is -1.49. The highest BCUT2D eigenvalue weighted by molar-refractivity contribution is 5.74. The van der Waals surface area contributed by atoms with Crippen LogP contribution < -0.4 is 11.5 Å². The minimum Gasteiger partial charge on any atom is -0.370 e. The number of amides is 1. The standard InChI is InChI=1S/C9H10F2N2O/c10-5-2-1-3-6(11)9(5)7(12)4-8(13)14/h1-3,7H,4,12H2,(H2,13,14)/t7-/m1/s1. The van der Waals surface area contributed by atoms with Gasteiger partial charge in [-0.25, -0.2) is 8.78 Å². The molecule has 0 aliphatic rings. The van der Waals surface area contributed by atoms with Crippen molar-refractivity contribution in [1.82, 2.24) is 0 Å². The first-order chi connectivity index (χ1) is 6.52. The van der Waals surface area contributed by atoms with Gasteiger partial charge in [0.1, 0.15) is 11.6 Å². The molecule has 1 aromatic rings. The van der Waals surface area contributed by atoms with Crippen LogP contribution in [0, 0.1) is 11.6 Å². The van der Waals surface area contributed by atoms with Gasteiger partial charge < -0.3 is 11.5 Å². The molecule has 0 spiro atoms. The fourth-order valence-electron chi connectivity index (χ4n) is 1.18. The number of benzene rings is 1. The smallest absolute Gasteiger partial charge is 0.219 e. The molecule has 0 saturated heterocycles. The van der Waals surface area contributed by atoms with E-state index in [0.29, 0.717) is 0 Å². The molecular formula is C9H10F2N2O. The van der Waals surface area contributed by atoms with Gasteiger partial charge in [-0.15, -0.1) is 0 Å². The first-order valence-corrected chi connectivity index (χ1v) is 4.00. The third-order valence-corrected chi connectivity index (χ3v) is 1.79. The molecule has 0 bridgehead atoms. The van der Waals surface area contributed by atoms with E-state index in [1.54, 1.807) is 0 Å². The van der Waals surface area contributed by atoms with Gasteiger partial charge >= 0.3 is 0 Å². The first kappa shape index (κ1) is 10.6. The molecule has 0 heterocycles. The molecule has 5 heteroatoms. The maximum atomic E-state index is 13.1. The number of hydrogen-bond donors (Lipinski definition) is 2. The molecule has 0 aromatic heterocycles. The largest absolute Gasteiger partial charge is 0.370 e. The molecular weight excluding hydrogens is 190 g/mol. The van der Waals surface area contributed by atoms with Gasteiger partial charge in [-0.3, -0.25) is 4.79 Å². The van der Waals surface area contributed by atoms with Crippen molar-refractivity contribution in [3.05, 3.63) is 35.4 Å². The van der Waals surface area contributed by atoms with Crippen LogP contribution in [0.1, 0.15) is 18.0 Å². The quantitative estimate of drug-likeness (QED) is 0.759. The molecule has 4 N–H and O–H groups in total. The highest BCUT2D eigenvalue weighted by Gasteiger charge is 2.17. The Bertz CT molecular complexity index is 334. The lowest BCUT2D eigenvalue weighted by atomic mass is 10.0. The number of carbonyl (C=O) groups is 1. The van der Waals surface area contributed by atoms with Crippen molar-refractivity contribution in [1.29, 1.82) is 0 Å². The summed E-state index contributed by atoms with van der Waals surface area (Å²) in [5.41, 5.74) is 9.98. The third kappa shape index (κ3) is 2.26. The second-order valence-electron chi connectivity index (χ2n) is 2.91. The molecule has 3 nitrogen and oxygen atoms in total. The summed E-state index contributed by atoms with van der Waals surface area (Å²) in [5.74, 6) is -2.22.